The zero-order valence-electron chi connectivity index (χ0n) is 8.75. The molecule has 1 aliphatic heterocycles. The smallest absolute Gasteiger partial charge is 0.119 e. The van der Waals surface area contributed by atoms with Crippen molar-refractivity contribution in [3.8, 4) is 5.75 Å². The first-order chi connectivity index (χ1) is 7.29. The van der Waals surface area contributed by atoms with E-state index in [-0.39, 0.29) is 0 Å². The van der Waals surface area contributed by atoms with Crippen LogP contribution in [0.25, 0.3) is 0 Å². The molecule has 1 aromatic carbocycles. The molecule has 80 valence electrons. The maximum absolute atomic E-state index is 5.36. The van der Waals surface area contributed by atoms with Crippen molar-refractivity contribution in [1.29, 1.82) is 0 Å². The lowest BCUT2D eigenvalue weighted by Crippen LogP contribution is -1.92. The van der Waals surface area contributed by atoms with E-state index in [9.17, 15) is 0 Å². The number of hydrogen-bond acceptors (Lipinski definition) is 3. The van der Waals surface area contributed by atoms with Gasteiger partial charge in [0.15, 0.2) is 0 Å². The summed E-state index contributed by atoms with van der Waals surface area (Å²) in [5, 5.41) is 4.33. The molecule has 15 heavy (non-hydrogen) atoms. The van der Waals surface area contributed by atoms with Gasteiger partial charge in [-0.25, -0.2) is 0 Å². The Bertz CT molecular complexity index is 402. The summed E-state index contributed by atoms with van der Waals surface area (Å²) in [5.41, 5.74) is 1.11. The van der Waals surface area contributed by atoms with Crippen LogP contribution in [-0.2, 0) is 10.3 Å². The van der Waals surface area contributed by atoms with Gasteiger partial charge in [0.05, 0.1) is 12.8 Å². The van der Waals surface area contributed by atoms with Crippen molar-refractivity contribution in [3.63, 3.8) is 0 Å². The predicted octanol–water partition coefficient (Wildman–Crippen LogP) is 2.67. The molecular weight excluding hydrogens is 227 g/mol. The highest BCUT2D eigenvalue weighted by molar-refractivity contribution is 8.31. The van der Waals surface area contributed by atoms with Crippen molar-refractivity contribution < 1.29 is 4.74 Å². The lowest BCUT2D eigenvalue weighted by Gasteiger charge is -2.01. The van der Waals surface area contributed by atoms with Crippen LogP contribution in [0.3, 0.4) is 0 Å². The van der Waals surface area contributed by atoms with Gasteiger partial charge < -0.3 is 4.74 Å². The molecule has 0 saturated heterocycles. The summed E-state index contributed by atoms with van der Waals surface area (Å²) in [7, 11) is 1.68. The summed E-state index contributed by atoms with van der Waals surface area (Å²) in [4.78, 5) is 0. The van der Waals surface area contributed by atoms with Gasteiger partial charge in [-0.3, -0.25) is 0 Å². The van der Waals surface area contributed by atoms with E-state index in [2.05, 4.69) is 15.5 Å². The SMILES string of the molecule is CCOc1ccc(C=NN2P=S2C)cc1. The second-order valence-corrected chi connectivity index (χ2v) is 7.16. The Balaban J connectivity index is 1.95. The maximum Gasteiger partial charge on any atom is 0.119 e. The van der Waals surface area contributed by atoms with Gasteiger partial charge in [0.1, 0.15) is 13.3 Å². The fourth-order valence-corrected chi connectivity index (χ4v) is 2.93. The Morgan fingerprint density at radius 2 is 2.13 bits per heavy atom. The average Bonchev–Trinajstić information content (AvgIpc) is 2.94. The second-order valence-electron chi connectivity index (χ2n) is 3.03. The van der Waals surface area contributed by atoms with Gasteiger partial charge >= 0.3 is 0 Å². The molecule has 0 amide bonds. The van der Waals surface area contributed by atoms with Gasteiger partial charge in [-0.15, -0.1) is 0 Å². The van der Waals surface area contributed by atoms with Crippen LogP contribution in [0.4, 0.5) is 0 Å². The van der Waals surface area contributed by atoms with E-state index in [0.29, 0.717) is 16.9 Å². The fourth-order valence-electron chi connectivity index (χ4n) is 1.11. The summed E-state index contributed by atoms with van der Waals surface area (Å²) >= 11 is 0. The second kappa shape index (κ2) is 4.77. The highest BCUT2D eigenvalue weighted by Gasteiger charge is 2.12. The number of ether oxygens (including phenoxy) is 1. The van der Waals surface area contributed by atoms with Gasteiger partial charge in [0.25, 0.3) is 0 Å². The minimum atomic E-state index is 0.353. The van der Waals surface area contributed by atoms with Crippen LogP contribution in [0.15, 0.2) is 29.4 Å². The molecule has 2 rings (SSSR count). The molecule has 0 fully saturated rings. The molecule has 1 aliphatic rings. The third kappa shape index (κ3) is 3.05. The molecule has 0 radical (unpaired) electrons. The monoisotopic (exact) mass is 240 g/mol. The number of rotatable bonds is 4. The molecule has 1 heterocycles. The third-order valence-corrected chi connectivity index (χ3v) is 4.80. The van der Waals surface area contributed by atoms with Crippen molar-refractivity contribution in [3.05, 3.63) is 29.8 Å². The standard InChI is InChI=1S/C10H13N2OPS/c1-3-13-10-6-4-9(5-7-10)8-11-12-14-15(12)2/h4-8H,3H2,1-2H3. The van der Waals surface area contributed by atoms with Gasteiger partial charge in [0, 0.05) is 6.26 Å². The van der Waals surface area contributed by atoms with Gasteiger partial charge in [0.2, 0.25) is 0 Å². The first-order valence-electron chi connectivity index (χ1n) is 4.74. The van der Waals surface area contributed by atoms with E-state index in [4.69, 9.17) is 4.74 Å². The van der Waals surface area contributed by atoms with Crippen molar-refractivity contribution >= 4 is 24.0 Å². The Morgan fingerprint density at radius 1 is 1.47 bits per heavy atom. The van der Waals surface area contributed by atoms with Crippen molar-refractivity contribution in [2.45, 2.75) is 6.92 Å². The van der Waals surface area contributed by atoms with Crippen LogP contribution in [-0.4, -0.2) is 23.3 Å². The van der Waals surface area contributed by atoms with Crippen molar-refractivity contribution in [2.24, 2.45) is 5.10 Å². The predicted molar refractivity (Wildman–Crippen MR) is 67.3 cm³/mol. The summed E-state index contributed by atoms with van der Waals surface area (Å²) < 4.78 is 7.41. The first-order valence-corrected chi connectivity index (χ1v) is 7.78. The van der Waals surface area contributed by atoms with Crippen LogP contribution >= 0.6 is 7.51 Å². The zero-order valence-corrected chi connectivity index (χ0v) is 10.5. The minimum absolute atomic E-state index is 0.353. The van der Waals surface area contributed by atoms with Gasteiger partial charge in [-0.05, 0) is 47.0 Å². The summed E-state index contributed by atoms with van der Waals surface area (Å²) in [6.45, 7) is 2.69. The normalized spacial score (nSPS) is 20.1. The largest absolute Gasteiger partial charge is 0.494 e. The maximum atomic E-state index is 5.36. The topological polar surface area (TPSA) is 24.6 Å². The highest BCUT2D eigenvalue weighted by atomic mass is 32.6. The number of nitrogens with zero attached hydrogens (tertiary/aromatic N) is 2. The van der Waals surface area contributed by atoms with E-state index in [0.717, 1.165) is 11.3 Å². The van der Waals surface area contributed by atoms with Crippen LogP contribution in [0.1, 0.15) is 12.5 Å². The van der Waals surface area contributed by atoms with Crippen LogP contribution in [0.2, 0.25) is 0 Å². The van der Waals surface area contributed by atoms with Crippen molar-refractivity contribution in [1.82, 2.24) is 4.18 Å². The molecule has 1 atom stereocenters. The van der Waals surface area contributed by atoms with Gasteiger partial charge in [-0.1, -0.05) is 0 Å². The lowest BCUT2D eigenvalue weighted by atomic mass is 10.2. The first kappa shape index (κ1) is 10.7. The van der Waals surface area contributed by atoms with E-state index < -0.39 is 0 Å². The molecule has 0 N–H and O–H groups in total. The van der Waals surface area contributed by atoms with Crippen LogP contribution in [0, 0.1) is 0 Å². The van der Waals surface area contributed by atoms with E-state index >= 15 is 0 Å². The average molecular weight is 240 g/mol. The number of benzene rings is 1. The van der Waals surface area contributed by atoms with Crippen LogP contribution < -0.4 is 4.74 Å². The Morgan fingerprint density at radius 3 is 2.67 bits per heavy atom. The fraction of sp³-hybridized carbons (Fsp3) is 0.300. The molecule has 3 nitrogen and oxygen atoms in total. The summed E-state index contributed by atoms with van der Waals surface area (Å²) in [6.07, 6.45) is 4.07. The molecule has 0 aromatic heterocycles. The molecule has 1 unspecified atom stereocenters. The lowest BCUT2D eigenvalue weighted by molar-refractivity contribution is 0.340. The summed E-state index contributed by atoms with van der Waals surface area (Å²) in [5.74, 6) is 0.912. The molecule has 1 aromatic rings. The quantitative estimate of drug-likeness (QED) is 0.597. The molecule has 0 spiro atoms. The highest BCUT2D eigenvalue weighted by Crippen LogP contribution is 2.32. The summed E-state index contributed by atoms with van der Waals surface area (Å²) in [6, 6.07) is 7.97. The van der Waals surface area contributed by atoms with E-state index in [1.165, 1.54) is 7.51 Å². The Labute approximate surface area is 93.7 Å². The molecule has 0 bridgehead atoms. The number of hydrogen-bond donors (Lipinski definition) is 0. The Hall–Kier alpha value is -0.860. The molecule has 0 saturated carbocycles. The van der Waals surface area contributed by atoms with Crippen LogP contribution in [0.5, 0.6) is 5.75 Å². The Kier molecular flexibility index (Phi) is 3.39. The van der Waals surface area contributed by atoms with E-state index in [1.807, 2.05) is 37.4 Å². The minimum Gasteiger partial charge on any atom is -0.494 e. The zero-order chi connectivity index (χ0) is 10.7. The third-order valence-electron chi connectivity index (χ3n) is 1.90. The van der Waals surface area contributed by atoms with Gasteiger partial charge in [-0.2, -0.15) is 9.29 Å². The number of hydrazone groups is 1. The van der Waals surface area contributed by atoms with E-state index in [1.54, 1.807) is 0 Å². The molecular formula is C10H13N2OPS. The molecule has 0 aliphatic carbocycles. The molecule has 5 heteroatoms. The van der Waals surface area contributed by atoms with Crippen molar-refractivity contribution in [2.75, 3.05) is 12.9 Å².